The van der Waals surface area contributed by atoms with Crippen LogP contribution in [0.4, 0.5) is 0 Å². The quantitative estimate of drug-likeness (QED) is 0.141. The van der Waals surface area contributed by atoms with Gasteiger partial charge in [0.05, 0.1) is 0 Å². The minimum Gasteiger partial charge on any atom is -0.504 e. The monoisotopic (exact) mass is 534 g/mol. The highest BCUT2D eigenvalue weighted by Crippen LogP contribution is 2.38. The van der Waals surface area contributed by atoms with Gasteiger partial charge in [-0.05, 0) is 108 Å². The summed E-state index contributed by atoms with van der Waals surface area (Å²) in [5.74, 6) is -4.12. The molecule has 0 radical (unpaired) electrons. The van der Waals surface area contributed by atoms with Crippen molar-refractivity contribution in [1.29, 1.82) is 0 Å². The van der Waals surface area contributed by atoms with Crippen LogP contribution in [0.15, 0.2) is 54.6 Å². The number of phenolic OH excluding ortho intramolecular Hbond substituents is 9. The minimum absolute atomic E-state index is 0.403. The highest BCUT2D eigenvalue weighted by Gasteiger charge is 2.12. The molecule has 0 spiro atoms. The van der Waals surface area contributed by atoms with Crippen LogP contribution in [0.25, 0.3) is 0 Å². The second kappa shape index (κ2) is 11.2. The number of phenols is 9. The van der Waals surface area contributed by atoms with Gasteiger partial charge < -0.3 is 46.0 Å². The van der Waals surface area contributed by atoms with Gasteiger partial charge in [0.15, 0.2) is 51.7 Å². The van der Waals surface area contributed by atoms with Crippen molar-refractivity contribution in [3.05, 3.63) is 88.0 Å². The van der Waals surface area contributed by atoms with Gasteiger partial charge in [0.25, 0.3) is 0 Å². The fraction of sp³-hybridized carbons (Fsp3) is 0.200. The summed E-state index contributed by atoms with van der Waals surface area (Å²) in [5, 5.41) is 87.7. The summed E-state index contributed by atoms with van der Waals surface area (Å²) in [7, 11) is 0. The number of hydrogen-bond acceptors (Lipinski definition) is 9. The van der Waals surface area contributed by atoms with Crippen molar-refractivity contribution in [3.8, 4) is 51.7 Å². The van der Waals surface area contributed by atoms with E-state index in [0.717, 1.165) is 16.7 Å². The Morgan fingerprint density at radius 1 is 0.256 bits per heavy atom. The van der Waals surface area contributed by atoms with Crippen molar-refractivity contribution in [2.75, 3.05) is 0 Å². The van der Waals surface area contributed by atoms with E-state index in [1.165, 1.54) is 36.4 Å². The molecule has 0 aliphatic heterocycles. The smallest absolute Gasteiger partial charge is 0.200 e. The second-order valence-electron chi connectivity index (χ2n) is 9.61. The van der Waals surface area contributed by atoms with Crippen LogP contribution < -0.4 is 0 Å². The lowest BCUT2D eigenvalue weighted by molar-refractivity contribution is 0.367. The van der Waals surface area contributed by atoms with Gasteiger partial charge in [0.2, 0.25) is 0 Å². The van der Waals surface area contributed by atoms with Crippen LogP contribution in [0.5, 0.6) is 51.7 Å². The Labute approximate surface area is 224 Å². The molecule has 0 saturated heterocycles. The van der Waals surface area contributed by atoms with Crippen molar-refractivity contribution < 1.29 is 46.0 Å². The molecule has 39 heavy (non-hydrogen) atoms. The zero-order chi connectivity index (χ0) is 28.3. The average molecular weight is 535 g/mol. The number of rotatable bonds is 9. The third kappa shape index (κ3) is 6.51. The lowest BCUT2D eigenvalue weighted by Gasteiger charge is -2.12. The SMILES string of the molecule is Oc1cc(CCc2cc(CCc3cc(O)c(O)c(O)c3)cc(CCc3cc(O)c(O)c(O)c3)c2)cc(O)c1O. The molecular formula is C30H30O9. The van der Waals surface area contributed by atoms with Crippen LogP contribution in [0, 0.1) is 0 Å². The van der Waals surface area contributed by atoms with Crippen LogP contribution in [0.1, 0.15) is 33.4 Å². The third-order valence-corrected chi connectivity index (χ3v) is 6.61. The molecule has 0 bridgehead atoms. The fourth-order valence-corrected chi connectivity index (χ4v) is 4.55. The molecule has 0 unspecified atom stereocenters. The van der Waals surface area contributed by atoms with E-state index in [-0.39, 0.29) is 0 Å². The molecule has 0 aromatic heterocycles. The highest BCUT2D eigenvalue weighted by molar-refractivity contribution is 5.53. The molecule has 0 heterocycles. The number of aromatic hydroxyl groups is 9. The largest absolute Gasteiger partial charge is 0.504 e. The van der Waals surface area contributed by atoms with Gasteiger partial charge in [-0.25, -0.2) is 0 Å². The molecular weight excluding hydrogens is 504 g/mol. The average Bonchev–Trinajstić information content (AvgIpc) is 2.89. The van der Waals surface area contributed by atoms with Crippen LogP contribution in [0.3, 0.4) is 0 Å². The Balaban J connectivity index is 1.56. The third-order valence-electron chi connectivity index (χ3n) is 6.61. The molecule has 0 amide bonds. The molecule has 4 rings (SSSR count). The number of aryl methyl sites for hydroxylation is 6. The Bertz CT molecular complexity index is 1250. The van der Waals surface area contributed by atoms with Gasteiger partial charge in [-0.3, -0.25) is 0 Å². The first-order valence-corrected chi connectivity index (χ1v) is 12.3. The van der Waals surface area contributed by atoms with Crippen molar-refractivity contribution in [3.63, 3.8) is 0 Å². The van der Waals surface area contributed by atoms with E-state index in [1.54, 1.807) is 0 Å². The molecule has 0 atom stereocenters. The summed E-state index contributed by atoms with van der Waals surface area (Å²) in [5.41, 5.74) is 4.84. The van der Waals surface area contributed by atoms with Crippen molar-refractivity contribution in [2.24, 2.45) is 0 Å². The molecule has 9 N–H and O–H groups in total. The summed E-state index contributed by atoms with van der Waals surface area (Å²) in [4.78, 5) is 0. The second-order valence-corrected chi connectivity index (χ2v) is 9.61. The maximum Gasteiger partial charge on any atom is 0.200 e. The maximum atomic E-state index is 9.82. The summed E-state index contributed by atoms with van der Waals surface area (Å²) >= 11 is 0. The maximum absolute atomic E-state index is 9.82. The van der Waals surface area contributed by atoms with Gasteiger partial charge in [0.1, 0.15) is 0 Å². The molecule has 9 nitrogen and oxygen atoms in total. The zero-order valence-electron chi connectivity index (χ0n) is 21.0. The van der Waals surface area contributed by atoms with Gasteiger partial charge in [0, 0.05) is 0 Å². The normalized spacial score (nSPS) is 11.1. The molecule has 4 aromatic rings. The van der Waals surface area contributed by atoms with Crippen LogP contribution in [-0.2, 0) is 38.5 Å². The van der Waals surface area contributed by atoms with Crippen molar-refractivity contribution >= 4 is 0 Å². The molecule has 0 saturated carbocycles. The topological polar surface area (TPSA) is 182 Å². The van der Waals surface area contributed by atoms with E-state index < -0.39 is 51.7 Å². The Kier molecular flexibility index (Phi) is 7.80. The Morgan fingerprint density at radius 2 is 0.410 bits per heavy atom. The van der Waals surface area contributed by atoms with Crippen LogP contribution in [-0.4, -0.2) is 46.0 Å². The molecule has 0 aliphatic rings. The summed E-state index contributed by atoms with van der Waals surface area (Å²) < 4.78 is 0. The predicted octanol–water partition coefficient (Wildman–Crippen LogP) is 4.39. The van der Waals surface area contributed by atoms with E-state index >= 15 is 0 Å². The van der Waals surface area contributed by atoms with Crippen molar-refractivity contribution in [2.45, 2.75) is 38.5 Å². The zero-order valence-corrected chi connectivity index (χ0v) is 21.0. The molecule has 0 aliphatic carbocycles. The Hall–Kier alpha value is -4.92. The number of hydrogen-bond donors (Lipinski definition) is 9. The van der Waals surface area contributed by atoms with Crippen LogP contribution in [0.2, 0.25) is 0 Å². The van der Waals surface area contributed by atoms with E-state index in [1.807, 2.05) is 18.2 Å². The van der Waals surface area contributed by atoms with E-state index in [9.17, 15) is 46.0 Å². The standard InChI is InChI=1S/C30H30O9/c31-22-10-19(11-23(32)28(22)37)4-1-16-7-17(2-5-20-12-24(33)29(38)25(34)13-20)9-18(8-16)3-6-21-14-26(35)30(39)27(36)15-21/h7-15,31-39H,1-6H2. The lowest BCUT2D eigenvalue weighted by Crippen LogP contribution is -2.00. The number of benzene rings is 4. The molecule has 9 heteroatoms. The first kappa shape index (κ1) is 27.1. The fourth-order valence-electron chi connectivity index (χ4n) is 4.55. The lowest BCUT2D eigenvalue weighted by atomic mass is 9.94. The molecule has 204 valence electrons. The van der Waals surface area contributed by atoms with Gasteiger partial charge >= 0.3 is 0 Å². The summed E-state index contributed by atoms with van der Waals surface area (Å²) in [6.07, 6.45) is 3.11. The van der Waals surface area contributed by atoms with Gasteiger partial charge in [-0.2, -0.15) is 0 Å². The summed E-state index contributed by atoms with van der Waals surface area (Å²) in [6, 6.07) is 14.4. The Morgan fingerprint density at radius 3 is 0.590 bits per heavy atom. The van der Waals surface area contributed by atoms with Gasteiger partial charge in [-0.15, -0.1) is 0 Å². The first-order chi connectivity index (χ1) is 18.5. The van der Waals surface area contributed by atoms with Gasteiger partial charge in [-0.1, -0.05) is 18.2 Å². The molecule has 4 aromatic carbocycles. The minimum atomic E-state index is -0.569. The predicted molar refractivity (Wildman–Crippen MR) is 143 cm³/mol. The van der Waals surface area contributed by atoms with Crippen LogP contribution >= 0.6 is 0 Å². The first-order valence-electron chi connectivity index (χ1n) is 12.3. The van der Waals surface area contributed by atoms with E-state index in [4.69, 9.17) is 0 Å². The highest BCUT2D eigenvalue weighted by atomic mass is 16.3. The summed E-state index contributed by atoms with van der Waals surface area (Å²) in [6.45, 7) is 0. The molecule has 0 fully saturated rings. The van der Waals surface area contributed by atoms with E-state index in [0.29, 0.717) is 55.2 Å². The van der Waals surface area contributed by atoms with Crippen molar-refractivity contribution in [1.82, 2.24) is 0 Å². The van der Waals surface area contributed by atoms with E-state index in [2.05, 4.69) is 0 Å².